The fourth-order valence-corrected chi connectivity index (χ4v) is 3.94. The Kier molecular flexibility index (Phi) is 9.10. The van der Waals surface area contributed by atoms with Gasteiger partial charge in [0.1, 0.15) is 5.75 Å². The van der Waals surface area contributed by atoms with Crippen molar-refractivity contribution in [2.24, 2.45) is 0 Å². The van der Waals surface area contributed by atoms with Crippen LogP contribution in [-0.2, 0) is 14.3 Å². The van der Waals surface area contributed by atoms with Gasteiger partial charge in [0, 0.05) is 24.3 Å². The molecule has 0 radical (unpaired) electrons. The van der Waals surface area contributed by atoms with Crippen molar-refractivity contribution in [1.29, 1.82) is 0 Å². The first-order chi connectivity index (χ1) is 13.5. The highest BCUT2D eigenvalue weighted by Crippen LogP contribution is 2.35. The van der Waals surface area contributed by atoms with E-state index in [4.69, 9.17) is 14.2 Å². The quantitative estimate of drug-likeness (QED) is 0.508. The summed E-state index contributed by atoms with van der Waals surface area (Å²) in [7, 11) is 3.16. The van der Waals surface area contributed by atoms with E-state index in [1.165, 1.54) is 7.11 Å². The minimum absolute atomic E-state index is 0.0534. The highest BCUT2D eigenvalue weighted by molar-refractivity contribution is 5.71. The Bertz CT molecular complexity index is 617. The predicted octanol–water partition coefficient (Wildman–Crippen LogP) is 5.27. The summed E-state index contributed by atoms with van der Waals surface area (Å²) in [6.45, 7) is 7.31. The summed E-state index contributed by atoms with van der Waals surface area (Å²) in [4.78, 5) is 14.2. The lowest BCUT2D eigenvalue weighted by molar-refractivity contribution is -0.141. The fourth-order valence-electron chi connectivity index (χ4n) is 3.94. The Hall–Kier alpha value is -1.75. The van der Waals surface area contributed by atoms with Gasteiger partial charge in [0.2, 0.25) is 0 Å². The molecule has 5 nitrogen and oxygen atoms in total. The highest BCUT2D eigenvalue weighted by atomic mass is 16.5. The Balaban J connectivity index is 2.34. The van der Waals surface area contributed by atoms with E-state index in [2.05, 4.69) is 43.9 Å². The van der Waals surface area contributed by atoms with E-state index in [0.29, 0.717) is 6.42 Å². The van der Waals surface area contributed by atoms with Crippen molar-refractivity contribution in [2.75, 3.05) is 25.7 Å². The summed E-state index contributed by atoms with van der Waals surface area (Å²) >= 11 is 0. The molecule has 28 heavy (non-hydrogen) atoms. The lowest BCUT2D eigenvalue weighted by Gasteiger charge is -2.37. The van der Waals surface area contributed by atoms with Crippen LogP contribution in [0, 0.1) is 0 Å². The van der Waals surface area contributed by atoms with E-state index in [0.717, 1.165) is 62.1 Å². The van der Waals surface area contributed by atoms with Gasteiger partial charge in [0.15, 0.2) is 0 Å². The van der Waals surface area contributed by atoms with Crippen LogP contribution >= 0.6 is 0 Å². The van der Waals surface area contributed by atoms with Crippen molar-refractivity contribution >= 4 is 11.7 Å². The van der Waals surface area contributed by atoms with Crippen molar-refractivity contribution in [1.82, 2.24) is 0 Å². The monoisotopic (exact) mass is 391 g/mol. The molecule has 158 valence electrons. The number of methoxy groups -OCH3 is 2. The van der Waals surface area contributed by atoms with Crippen LogP contribution in [0.3, 0.4) is 0 Å². The second kappa shape index (κ2) is 11.3. The zero-order valence-corrected chi connectivity index (χ0v) is 18.2. The molecule has 1 heterocycles. The van der Waals surface area contributed by atoms with E-state index in [1.807, 2.05) is 0 Å². The summed E-state index contributed by atoms with van der Waals surface area (Å²) in [6, 6.07) is 6.55. The lowest BCUT2D eigenvalue weighted by Crippen LogP contribution is -2.41. The number of hydrogen-bond acceptors (Lipinski definition) is 5. The molecule has 1 aromatic carbocycles. The molecule has 1 aliphatic heterocycles. The first kappa shape index (κ1) is 22.5. The molecule has 0 saturated carbocycles. The molecule has 0 aromatic heterocycles. The number of carbonyl (C=O) groups excluding carboxylic acids is 1. The van der Waals surface area contributed by atoms with Gasteiger partial charge in [-0.25, -0.2) is 0 Å². The average Bonchev–Trinajstić information content (AvgIpc) is 2.70. The summed E-state index contributed by atoms with van der Waals surface area (Å²) in [5.41, 5.74) is 2.26. The molecule has 0 amide bonds. The molecule has 5 heteroatoms. The number of piperidine rings is 1. The van der Waals surface area contributed by atoms with E-state index in [9.17, 15) is 4.79 Å². The van der Waals surface area contributed by atoms with Crippen LogP contribution < -0.4 is 9.64 Å². The smallest absolute Gasteiger partial charge is 0.307 e. The van der Waals surface area contributed by atoms with E-state index >= 15 is 0 Å². The average molecular weight is 392 g/mol. The minimum Gasteiger partial charge on any atom is -0.497 e. The maximum Gasteiger partial charge on any atom is 0.307 e. The molecule has 0 aliphatic carbocycles. The zero-order chi connectivity index (χ0) is 20.5. The molecule has 1 aromatic rings. The van der Waals surface area contributed by atoms with Gasteiger partial charge in [-0.15, -0.1) is 0 Å². The van der Waals surface area contributed by atoms with Crippen molar-refractivity contribution in [3.05, 3.63) is 23.8 Å². The molecular formula is C23H37NO4. The van der Waals surface area contributed by atoms with Gasteiger partial charge in [0.25, 0.3) is 0 Å². The molecule has 0 bridgehead atoms. The van der Waals surface area contributed by atoms with Gasteiger partial charge in [-0.2, -0.15) is 0 Å². The molecule has 1 saturated heterocycles. The van der Waals surface area contributed by atoms with E-state index in [-0.39, 0.29) is 24.2 Å². The standard InChI is InChI=1S/C23H37NO4/c1-6-7-11-22(28-17(2)3)18-13-20(15-21(14-18)26-4)24-12-9-8-10-19(24)16-23(25)27-5/h13-15,17,19,22H,6-12,16H2,1-5H3. The lowest BCUT2D eigenvalue weighted by atomic mass is 9.96. The van der Waals surface area contributed by atoms with Crippen LogP contribution in [0.15, 0.2) is 18.2 Å². The number of hydrogen-bond donors (Lipinski definition) is 0. The molecule has 0 spiro atoms. The van der Waals surface area contributed by atoms with E-state index in [1.54, 1.807) is 7.11 Å². The van der Waals surface area contributed by atoms with Gasteiger partial charge in [-0.3, -0.25) is 4.79 Å². The van der Waals surface area contributed by atoms with Crippen LogP contribution in [0.25, 0.3) is 0 Å². The third kappa shape index (κ3) is 6.40. The Labute approximate surface area is 170 Å². The van der Waals surface area contributed by atoms with Gasteiger partial charge in [-0.05, 0) is 57.2 Å². The largest absolute Gasteiger partial charge is 0.497 e. The van der Waals surface area contributed by atoms with Crippen molar-refractivity contribution in [3.8, 4) is 5.75 Å². The number of carbonyl (C=O) groups is 1. The minimum atomic E-state index is -0.149. The molecule has 2 atom stereocenters. The van der Waals surface area contributed by atoms with Crippen LogP contribution in [-0.4, -0.2) is 38.9 Å². The zero-order valence-electron chi connectivity index (χ0n) is 18.2. The Morgan fingerprint density at radius 2 is 2.00 bits per heavy atom. The second-order valence-corrected chi connectivity index (χ2v) is 7.90. The number of esters is 1. The van der Waals surface area contributed by atoms with Gasteiger partial charge >= 0.3 is 5.97 Å². The SMILES string of the molecule is CCCCC(OC(C)C)c1cc(OC)cc(N2CCCCC2CC(=O)OC)c1. The molecule has 1 aliphatic rings. The van der Waals surface area contributed by atoms with Crippen LogP contribution in [0.2, 0.25) is 0 Å². The summed E-state index contributed by atoms with van der Waals surface area (Å²) in [5.74, 6) is 0.688. The van der Waals surface area contributed by atoms with Gasteiger partial charge < -0.3 is 19.1 Å². The summed E-state index contributed by atoms with van der Waals surface area (Å²) in [5, 5.41) is 0. The van der Waals surface area contributed by atoms with Crippen LogP contribution in [0.5, 0.6) is 5.75 Å². The maximum absolute atomic E-state index is 11.9. The number of rotatable bonds is 10. The maximum atomic E-state index is 11.9. The predicted molar refractivity (Wildman–Crippen MR) is 113 cm³/mol. The third-order valence-corrected chi connectivity index (χ3v) is 5.37. The number of unbranched alkanes of at least 4 members (excludes halogenated alkanes) is 1. The highest BCUT2D eigenvalue weighted by Gasteiger charge is 2.27. The first-order valence-electron chi connectivity index (χ1n) is 10.7. The number of benzene rings is 1. The number of anilines is 1. The Morgan fingerprint density at radius 1 is 1.21 bits per heavy atom. The normalized spacial score (nSPS) is 18.2. The van der Waals surface area contributed by atoms with Crippen LogP contribution in [0.1, 0.15) is 77.4 Å². The summed E-state index contributed by atoms with van der Waals surface area (Å²) in [6.07, 6.45) is 7.18. The Morgan fingerprint density at radius 3 is 2.64 bits per heavy atom. The topological polar surface area (TPSA) is 48.0 Å². The molecular weight excluding hydrogens is 354 g/mol. The number of nitrogens with zero attached hydrogens (tertiary/aromatic N) is 1. The molecule has 1 fully saturated rings. The van der Waals surface area contributed by atoms with Gasteiger partial charge in [0.05, 0.1) is 32.8 Å². The number of ether oxygens (including phenoxy) is 3. The summed E-state index contributed by atoms with van der Waals surface area (Å²) < 4.78 is 16.8. The molecule has 2 unspecified atom stereocenters. The van der Waals surface area contributed by atoms with Crippen molar-refractivity contribution in [3.63, 3.8) is 0 Å². The molecule has 0 N–H and O–H groups in total. The second-order valence-electron chi connectivity index (χ2n) is 7.90. The van der Waals surface area contributed by atoms with Gasteiger partial charge in [-0.1, -0.05) is 19.8 Å². The van der Waals surface area contributed by atoms with Crippen LogP contribution in [0.4, 0.5) is 5.69 Å². The van der Waals surface area contributed by atoms with Crippen molar-refractivity contribution < 1.29 is 19.0 Å². The third-order valence-electron chi connectivity index (χ3n) is 5.37. The fraction of sp³-hybridized carbons (Fsp3) is 0.696. The first-order valence-corrected chi connectivity index (χ1v) is 10.7. The van der Waals surface area contributed by atoms with Crippen molar-refractivity contribution in [2.45, 2.75) is 84.0 Å². The molecule has 2 rings (SSSR count). The van der Waals surface area contributed by atoms with E-state index < -0.39 is 0 Å².